The van der Waals surface area contributed by atoms with Crippen molar-refractivity contribution in [3.63, 3.8) is 0 Å². The summed E-state index contributed by atoms with van der Waals surface area (Å²) in [6.07, 6.45) is 0.835. The van der Waals surface area contributed by atoms with E-state index in [4.69, 9.17) is 9.47 Å². The summed E-state index contributed by atoms with van der Waals surface area (Å²) in [5.74, 6) is 0.279. The predicted octanol–water partition coefficient (Wildman–Crippen LogP) is 1.92. The predicted molar refractivity (Wildman–Crippen MR) is 63.5 cm³/mol. The maximum atomic E-state index is 11.4. The normalized spacial score (nSPS) is 9.82. The molecular weight excluding hydrogens is 220 g/mol. The van der Waals surface area contributed by atoms with Crippen LogP contribution in [0.15, 0.2) is 12.1 Å². The fourth-order valence-corrected chi connectivity index (χ4v) is 1.63. The summed E-state index contributed by atoms with van der Waals surface area (Å²) >= 11 is 0. The first kappa shape index (κ1) is 13.2. The van der Waals surface area contributed by atoms with Crippen LogP contribution in [0.4, 0.5) is 0 Å². The molecule has 0 spiro atoms. The lowest BCUT2D eigenvalue weighted by molar-refractivity contribution is -0.142. The number of rotatable bonds is 5. The van der Waals surface area contributed by atoms with Crippen molar-refractivity contribution in [2.24, 2.45) is 0 Å². The molecule has 0 aliphatic carbocycles. The van der Waals surface area contributed by atoms with Gasteiger partial charge >= 0.3 is 5.97 Å². The lowest BCUT2D eigenvalue weighted by Crippen LogP contribution is -2.10. The van der Waals surface area contributed by atoms with Crippen molar-refractivity contribution in [3.05, 3.63) is 28.8 Å². The topological polar surface area (TPSA) is 52.6 Å². The van der Waals surface area contributed by atoms with Crippen molar-refractivity contribution in [2.45, 2.75) is 20.3 Å². The third kappa shape index (κ3) is 3.31. The molecule has 0 amide bonds. The molecule has 0 fully saturated rings. The quantitative estimate of drug-likeness (QED) is 0.579. The van der Waals surface area contributed by atoms with Crippen LogP contribution in [0.3, 0.4) is 0 Å². The van der Waals surface area contributed by atoms with Crippen LogP contribution in [-0.2, 0) is 16.0 Å². The molecule has 0 saturated carbocycles. The first-order chi connectivity index (χ1) is 8.12. The molecule has 1 rings (SSSR count). The molecule has 4 nitrogen and oxygen atoms in total. The molecule has 0 aliphatic rings. The number of carbonyl (C=O) groups is 2. The molecule has 0 unspecified atom stereocenters. The molecule has 1 aromatic rings. The summed E-state index contributed by atoms with van der Waals surface area (Å²) in [7, 11) is 1.54. The molecule has 0 N–H and O–H groups in total. The Morgan fingerprint density at radius 3 is 2.65 bits per heavy atom. The molecule has 0 aromatic heterocycles. The van der Waals surface area contributed by atoms with Crippen molar-refractivity contribution >= 4 is 12.3 Å². The van der Waals surface area contributed by atoms with Crippen LogP contribution >= 0.6 is 0 Å². The van der Waals surface area contributed by atoms with Crippen LogP contribution in [0.25, 0.3) is 0 Å². The van der Waals surface area contributed by atoms with Gasteiger partial charge in [-0.25, -0.2) is 0 Å². The number of esters is 1. The first-order valence-electron chi connectivity index (χ1n) is 5.40. The second-order valence-corrected chi connectivity index (χ2v) is 3.61. The Hall–Kier alpha value is -1.84. The highest BCUT2D eigenvalue weighted by molar-refractivity contribution is 5.83. The van der Waals surface area contributed by atoms with E-state index in [1.807, 2.05) is 6.92 Å². The van der Waals surface area contributed by atoms with Gasteiger partial charge in [0.1, 0.15) is 12.0 Å². The van der Waals surface area contributed by atoms with Gasteiger partial charge in [0.25, 0.3) is 0 Å². The van der Waals surface area contributed by atoms with Crippen molar-refractivity contribution in [1.82, 2.24) is 0 Å². The number of hydrogen-bond acceptors (Lipinski definition) is 4. The van der Waals surface area contributed by atoms with Crippen LogP contribution in [0.5, 0.6) is 5.75 Å². The Kier molecular flexibility index (Phi) is 4.69. The number of benzene rings is 1. The van der Waals surface area contributed by atoms with Crippen molar-refractivity contribution in [3.8, 4) is 5.75 Å². The number of aryl methyl sites for hydroxylation is 1. The van der Waals surface area contributed by atoms with Crippen LogP contribution in [-0.4, -0.2) is 26.0 Å². The van der Waals surface area contributed by atoms with Crippen molar-refractivity contribution < 1.29 is 19.1 Å². The summed E-state index contributed by atoms with van der Waals surface area (Å²) in [6.45, 7) is 3.92. The van der Waals surface area contributed by atoms with Gasteiger partial charge in [0.15, 0.2) is 0 Å². The standard InChI is InChI=1S/C13H16O4/c1-4-17-13(15)7-12-9(2)5-11(16-3)6-10(12)8-14/h5-6,8H,4,7H2,1-3H3. The average Bonchev–Trinajstić information content (AvgIpc) is 2.31. The molecule has 92 valence electrons. The van der Waals surface area contributed by atoms with Crippen LogP contribution in [0, 0.1) is 6.92 Å². The number of hydrogen-bond donors (Lipinski definition) is 0. The van der Waals surface area contributed by atoms with Crippen LogP contribution in [0.1, 0.15) is 28.4 Å². The first-order valence-corrected chi connectivity index (χ1v) is 5.40. The highest BCUT2D eigenvalue weighted by Crippen LogP contribution is 2.21. The van der Waals surface area contributed by atoms with E-state index in [2.05, 4.69) is 0 Å². The Morgan fingerprint density at radius 1 is 1.41 bits per heavy atom. The van der Waals surface area contributed by atoms with E-state index in [9.17, 15) is 9.59 Å². The highest BCUT2D eigenvalue weighted by atomic mass is 16.5. The number of methoxy groups -OCH3 is 1. The summed E-state index contributed by atoms with van der Waals surface area (Å²) in [5, 5.41) is 0. The summed E-state index contributed by atoms with van der Waals surface area (Å²) in [4.78, 5) is 22.4. The van der Waals surface area contributed by atoms with E-state index in [1.165, 1.54) is 7.11 Å². The van der Waals surface area contributed by atoms with E-state index in [1.54, 1.807) is 19.1 Å². The SMILES string of the molecule is CCOC(=O)Cc1c(C)cc(OC)cc1C=O. The van der Waals surface area contributed by atoms with E-state index >= 15 is 0 Å². The van der Waals surface area contributed by atoms with Crippen LogP contribution in [0.2, 0.25) is 0 Å². The van der Waals surface area contributed by atoms with E-state index in [-0.39, 0.29) is 12.4 Å². The second kappa shape index (κ2) is 6.03. The maximum absolute atomic E-state index is 11.4. The molecule has 0 saturated heterocycles. The van der Waals surface area contributed by atoms with Crippen molar-refractivity contribution in [1.29, 1.82) is 0 Å². The fourth-order valence-electron chi connectivity index (χ4n) is 1.63. The van der Waals surface area contributed by atoms with Crippen molar-refractivity contribution in [2.75, 3.05) is 13.7 Å². The molecule has 1 aromatic carbocycles. The maximum Gasteiger partial charge on any atom is 0.310 e. The minimum Gasteiger partial charge on any atom is -0.497 e. The molecular formula is C13H16O4. The zero-order valence-corrected chi connectivity index (χ0v) is 10.3. The molecule has 4 heteroatoms. The van der Waals surface area contributed by atoms with Gasteiger partial charge in [-0.15, -0.1) is 0 Å². The highest BCUT2D eigenvalue weighted by Gasteiger charge is 2.13. The summed E-state index contributed by atoms with van der Waals surface area (Å²) < 4.78 is 9.94. The lowest BCUT2D eigenvalue weighted by Gasteiger charge is -2.10. The van der Waals surface area contributed by atoms with E-state index in [0.717, 1.165) is 11.8 Å². The molecule has 0 bridgehead atoms. The Bertz CT molecular complexity index is 424. The molecule has 0 aliphatic heterocycles. The van der Waals surface area contributed by atoms with Gasteiger partial charge in [0.2, 0.25) is 0 Å². The smallest absolute Gasteiger partial charge is 0.310 e. The molecule has 0 radical (unpaired) electrons. The molecule has 0 heterocycles. The van der Waals surface area contributed by atoms with Gasteiger partial charge in [-0.1, -0.05) is 0 Å². The molecule has 17 heavy (non-hydrogen) atoms. The minimum atomic E-state index is -0.330. The third-order valence-electron chi connectivity index (χ3n) is 2.47. The zero-order chi connectivity index (χ0) is 12.8. The third-order valence-corrected chi connectivity index (χ3v) is 2.47. The Labute approximate surface area is 101 Å². The van der Waals surface area contributed by atoms with Gasteiger partial charge in [-0.2, -0.15) is 0 Å². The Balaban J connectivity index is 3.05. The number of ether oxygens (including phenoxy) is 2. The fraction of sp³-hybridized carbons (Fsp3) is 0.385. The van der Waals surface area contributed by atoms with Gasteiger partial charge in [0, 0.05) is 5.56 Å². The van der Waals surface area contributed by atoms with Crippen LogP contribution < -0.4 is 4.74 Å². The van der Waals surface area contributed by atoms with E-state index in [0.29, 0.717) is 23.5 Å². The monoisotopic (exact) mass is 236 g/mol. The van der Waals surface area contributed by atoms with Gasteiger partial charge in [0.05, 0.1) is 20.1 Å². The summed E-state index contributed by atoms with van der Waals surface area (Å²) in [6, 6.07) is 3.41. The second-order valence-electron chi connectivity index (χ2n) is 3.61. The largest absolute Gasteiger partial charge is 0.497 e. The summed E-state index contributed by atoms with van der Waals surface area (Å²) in [5.41, 5.74) is 2.01. The van der Waals surface area contributed by atoms with Gasteiger partial charge in [-0.05, 0) is 37.1 Å². The number of aldehydes is 1. The number of carbonyl (C=O) groups excluding carboxylic acids is 2. The average molecular weight is 236 g/mol. The minimum absolute atomic E-state index is 0.109. The van der Waals surface area contributed by atoms with E-state index < -0.39 is 0 Å². The zero-order valence-electron chi connectivity index (χ0n) is 10.3. The van der Waals surface area contributed by atoms with Gasteiger partial charge in [-0.3, -0.25) is 9.59 Å². The van der Waals surface area contributed by atoms with Gasteiger partial charge < -0.3 is 9.47 Å². The Morgan fingerprint density at radius 2 is 2.12 bits per heavy atom. The molecule has 0 atom stereocenters. The lowest BCUT2D eigenvalue weighted by atomic mass is 9.99.